The molecule has 0 saturated carbocycles. The van der Waals surface area contributed by atoms with E-state index in [2.05, 4.69) is 0 Å². The van der Waals surface area contributed by atoms with Crippen LogP contribution < -0.4 is 18.9 Å². The number of carbonyl (C=O) groups is 2. The van der Waals surface area contributed by atoms with Crippen molar-refractivity contribution in [2.24, 2.45) is 0 Å². The Morgan fingerprint density at radius 3 is 1.52 bits per heavy atom. The first-order chi connectivity index (χ1) is 13.4. The molecule has 0 radical (unpaired) electrons. The van der Waals surface area contributed by atoms with Crippen LogP contribution in [0, 0.1) is 0 Å². The molecule has 0 aromatic heterocycles. The zero-order valence-corrected chi connectivity index (χ0v) is 16.8. The second kappa shape index (κ2) is 19.8. The van der Waals surface area contributed by atoms with Gasteiger partial charge >= 0.3 is 30.8 Å². The third kappa shape index (κ3) is 17.1. The van der Waals surface area contributed by atoms with Crippen molar-refractivity contribution in [3.05, 3.63) is 35.4 Å². The molecule has 0 atom stereocenters. The number of benzene rings is 1. The molecule has 0 fully saturated rings. The van der Waals surface area contributed by atoms with E-state index in [0.29, 0.717) is 0 Å². The summed E-state index contributed by atoms with van der Waals surface area (Å²) in [5, 5.41) is 17.1. The van der Waals surface area contributed by atoms with Crippen LogP contribution in [0.3, 0.4) is 0 Å². The standard InChI is InChI=1S/C16H22O8.Li.HO3S/c17-4-6-21-8-10-23-15(19)13-2-1-3-14(12-13)16(20)24-11-9-22-7-5-18;;1-4(2)3/h1-3,12,17-18H,4-11H2;;(H,1,2,3)/q;+1;-1. The van der Waals surface area contributed by atoms with E-state index >= 15 is 0 Å². The van der Waals surface area contributed by atoms with Gasteiger partial charge in [-0.25, -0.2) is 9.59 Å². The smallest absolute Gasteiger partial charge is 0.460 e. The van der Waals surface area contributed by atoms with Gasteiger partial charge < -0.3 is 42.1 Å². The molecule has 1 rings (SSSR count). The van der Waals surface area contributed by atoms with Crippen molar-refractivity contribution in [3.8, 4) is 0 Å². The summed E-state index contributed by atoms with van der Waals surface area (Å²) in [6.07, 6.45) is 0. The topological polar surface area (TPSA) is 166 Å². The van der Waals surface area contributed by atoms with Crippen LogP contribution in [0.1, 0.15) is 20.7 Å². The van der Waals surface area contributed by atoms with Gasteiger partial charge in [0.1, 0.15) is 13.2 Å². The monoisotopic (exact) mass is 430 g/mol. The molecule has 0 spiro atoms. The molecule has 0 unspecified atom stereocenters. The minimum absolute atomic E-state index is 0. The zero-order chi connectivity index (χ0) is 21.2. The van der Waals surface area contributed by atoms with Crippen LogP contribution in [-0.2, 0) is 38.4 Å². The molecule has 0 heterocycles. The van der Waals surface area contributed by atoms with Crippen molar-refractivity contribution < 1.29 is 70.6 Å². The Balaban J connectivity index is 0. The summed E-state index contributed by atoms with van der Waals surface area (Å²) in [6, 6.07) is 5.99. The number of rotatable bonds is 12. The SMILES string of the molecule is O=C(OCCOCCO)c1cccc(C(=O)OCCOCCO)c1.O=[S-](=O)O.[Li+]. The maximum Gasteiger partial charge on any atom is 1.00 e. The zero-order valence-electron chi connectivity index (χ0n) is 16.0. The van der Waals surface area contributed by atoms with Crippen LogP contribution in [0.15, 0.2) is 24.3 Å². The summed E-state index contributed by atoms with van der Waals surface area (Å²) < 4.78 is 44.0. The van der Waals surface area contributed by atoms with E-state index in [-0.39, 0.29) is 82.8 Å². The van der Waals surface area contributed by atoms with Crippen LogP contribution in [0.25, 0.3) is 0 Å². The third-order valence-electron chi connectivity index (χ3n) is 2.73. The molecule has 3 N–H and O–H groups in total. The molecule has 0 saturated heterocycles. The number of hydrogen-bond donors (Lipinski definition) is 3. The molecular weight excluding hydrogens is 407 g/mol. The van der Waals surface area contributed by atoms with Crippen molar-refractivity contribution >= 4 is 22.9 Å². The average Bonchev–Trinajstić information content (AvgIpc) is 2.67. The van der Waals surface area contributed by atoms with Crippen molar-refractivity contribution in [2.75, 3.05) is 52.9 Å². The Morgan fingerprint density at radius 2 is 1.17 bits per heavy atom. The van der Waals surface area contributed by atoms with Gasteiger partial charge in [-0.3, -0.25) is 0 Å². The Labute approximate surface area is 181 Å². The van der Waals surface area contributed by atoms with Crippen molar-refractivity contribution in [1.82, 2.24) is 0 Å². The van der Waals surface area contributed by atoms with Gasteiger partial charge in [0.15, 0.2) is 0 Å². The van der Waals surface area contributed by atoms with Gasteiger partial charge in [-0.05, 0) is 18.2 Å². The Bertz CT molecular complexity index is 602. The van der Waals surface area contributed by atoms with Crippen molar-refractivity contribution in [2.45, 2.75) is 0 Å². The number of esters is 2. The van der Waals surface area contributed by atoms with Crippen LogP contribution in [0.5, 0.6) is 0 Å². The van der Waals surface area contributed by atoms with Gasteiger partial charge in [-0.15, -0.1) is 0 Å². The second-order valence-corrected chi connectivity index (χ2v) is 5.18. The van der Waals surface area contributed by atoms with E-state index < -0.39 is 22.9 Å². The van der Waals surface area contributed by atoms with Gasteiger partial charge in [0.25, 0.3) is 0 Å². The van der Waals surface area contributed by atoms with Crippen molar-refractivity contribution in [3.63, 3.8) is 0 Å². The minimum atomic E-state index is -2.86. The van der Waals surface area contributed by atoms with Gasteiger partial charge in [0.2, 0.25) is 0 Å². The van der Waals surface area contributed by atoms with Crippen LogP contribution in [-0.4, -0.2) is 79.6 Å². The first-order valence-electron chi connectivity index (χ1n) is 8.02. The van der Waals surface area contributed by atoms with E-state index in [1.165, 1.54) is 18.2 Å². The van der Waals surface area contributed by atoms with E-state index in [1.54, 1.807) is 6.07 Å². The van der Waals surface area contributed by atoms with Crippen molar-refractivity contribution in [1.29, 1.82) is 0 Å². The predicted octanol–water partition coefficient (Wildman–Crippen LogP) is -3.21. The van der Waals surface area contributed by atoms with E-state index in [0.717, 1.165) is 0 Å². The van der Waals surface area contributed by atoms with Crippen LogP contribution >= 0.6 is 0 Å². The molecule has 1 aromatic rings. The fourth-order valence-corrected chi connectivity index (χ4v) is 1.66. The van der Waals surface area contributed by atoms with E-state index in [4.69, 9.17) is 42.1 Å². The van der Waals surface area contributed by atoms with Gasteiger partial charge in [-0.1, -0.05) is 6.07 Å². The molecule has 0 aliphatic carbocycles. The Kier molecular flexibility index (Phi) is 20.3. The molecular formula is C16H23LiO11S. The second-order valence-electron chi connectivity index (χ2n) is 4.74. The largest absolute Gasteiger partial charge is 1.00 e. The number of aliphatic hydroxyl groups excluding tert-OH is 2. The molecule has 0 bridgehead atoms. The molecule has 0 aliphatic heterocycles. The summed E-state index contributed by atoms with van der Waals surface area (Å²) in [7, 11) is -2.86. The number of hydrogen-bond acceptors (Lipinski definition) is 11. The van der Waals surface area contributed by atoms with Gasteiger partial charge in [-0.2, -0.15) is 0 Å². The van der Waals surface area contributed by atoms with Crippen LogP contribution in [0.4, 0.5) is 0 Å². The fourth-order valence-electron chi connectivity index (χ4n) is 1.66. The quantitative estimate of drug-likeness (QED) is 0.0763. The van der Waals surface area contributed by atoms with E-state index in [9.17, 15) is 9.59 Å². The van der Waals surface area contributed by atoms with Gasteiger partial charge in [0.05, 0.1) is 50.8 Å². The molecule has 11 nitrogen and oxygen atoms in total. The normalized spacial score (nSPS) is 9.79. The fraction of sp³-hybridized carbons (Fsp3) is 0.500. The predicted molar refractivity (Wildman–Crippen MR) is 94.2 cm³/mol. The molecule has 13 heteroatoms. The maximum absolute atomic E-state index is 11.9. The summed E-state index contributed by atoms with van der Waals surface area (Å²) in [4.78, 5) is 23.7. The number of ether oxygens (including phenoxy) is 4. The summed E-state index contributed by atoms with van der Waals surface area (Å²) in [6.45, 7) is 0.642. The molecule has 1 aromatic carbocycles. The molecule has 0 amide bonds. The van der Waals surface area contributed by atoms with E-state index in [1.807, 2.05) is 0 Å². The minimum Gasteiger partial charge on any atom is -0.460 e. The average molecular weight is 430 g/mol. The molecule has 160 valence electrons. The Morgan fingerprint density at radius 1 is 0.793 bits per heavy atom. The molecule has 29 heavy (non-hydrogen) atoms. The summed E-state index contributed by atoms with van der Waals surface area (Å²) in [5.41, 5.74) is 0.450. The Hall–Kier alpha value is -1.49. The summed E-state index contributed by atoms with van der Waals surface area (Å²) in [5.74, 6) is -1.16. The van der Waals surface area contributed by atoms with Crippen LogP contribution in [0.2, 0.25) is 0 Å². The first-order valence-corrected chi connectivity index (χ1v) is 9.05. The summed E-state index contributed by atoms with van der Waals surface area (Å²) >= 11 is 0. The van der Waals surface area contributed by atoms with Gasteiger partial charge in [0, 0.05) is 11.0 Å². The number of carbonyl (C=O) groups excluding carboxylic acids is 2. The first kappa shape index (κ1) is 29.7. The maximum atomic E-state index is 11.9. The molecule has 0 aliphatic rings. The number of aliphatic hydroxyl groups is 2. The third-order valence-corrected chi connectivity index (χ3v) is 2.73.